The minimum Gasteiger partial charge on any atom is -0.301 e. The van der Waals surface area contributed by atoms with Gasteiger partial charge in [-0.3, -0.25) is 5.01 Å². The lowest BCUT2D eigenvalue weighted by atomic mass is 10.1. The van der Waals surface area contributed by atoms with Crippen LogP contribution in [0.5, 0.6) is 0 Å². The summed E-state index contributed by atoms with van der Waals surface area (Å²) in [6, 6.07) is 6.07. The summed E-state index contributed by atoms with van der Waals surface area (Å²) < 4.78 is 0. The summed E-state index contributed by atoms with van der Waals surface area (Å²) in [5.74, 6) is 0. The molecule has 1 heterocycles. The number of benzene rings is 1. The van der Waals surface area contributed by atoms with E-state index in [1.54, 1.807) is 0 Å². The van der Waals surface area contributed by atoms with Crippen molar-refractivity contribution in [1.82, 2.24) is 0 Å². The average Bonchev–Trinajstić information content (AvgIpc) is 2.63. The Hall–Kier alpha value is -1.64. The Morgan fingerprint density at radius 3 is 2.81 bits per heavy atom. The van der Waals surface area contributed by atoms with Gasteiger partial charge in [-0.15, -0.1) is 0 Å². The fourth-order valence-corrected chi connectivity index (χ4v) is 1.99. The van der Waals surface area contributed by atoms with Gasteiger partial charge in [0, 0.05) is 12.1 Å². The Morgan fingerprint density at radius 1 is 1.38 bits per heavy atom. The van der Waals surface area contributed by atoms with Crippen molar-refractivity contribution < 1.29 is 4.79 Å². The monoisotopic (exact) mass is 216 g/mol. The molecule has 2 rings (SSSR count). The van der Waals surface area contributed by atoms with Crippen molar-refractivity contribution in [3.63, 3.8) is 0 Å². The van der Waals surface area contributed by atoms with Gasteiger partial charge < -0.3 is 4.79 Å². The normalized spacial score (nSPS) is 19.8. The fraction of sp³-hybridized carbons (Fsp3) is 0.385. The van der Waals surface area contributed by atoms with Crippen LogP contribution in [-0.2, 0) is 4.79 Å². The standard InChI is InChI=1S/C13H16N2O/c1-9-4-5-10(2)13(6-9)15-12(8-16)7-11(3)14-15/h4-6,8,12H,7H2,1-3H3. The highest BCUT2D eigenvalue weighted by Crippen LogP contribution is 2.27. The minimum atomic E-state index is -0.138. The maximum Gasteiger partial charge on any atom is 0.144 e. The first kappa shape index (κ1) is 10.9. The van der Waals surface area contributed by atoms with Crippen molar-refractivity contribution in [2.75, 3.05) is 5.01 Å². The van der Waals surface area contributed by atoms with Crippen LogP contribution in [0.3, 0.4) is 0 Å². The molecule has 1 unspecified atom stereocenters. The van der Waals surface area contributed by atoms with Crippen LogP contribution in [0.1, 0.15) is 24.5 Å². The van der Waals surface area contributed by atoms with E-state index < -0.39 is 0 Å². The molecule has 0 aliphatic carbocycles. The Bertz CT molecular complexity index is 451. The molecule has 0 aromatic heterocycles. The van der Waals surface area contributed by atoms with Crippen molar-refractivity contribution in [2.45, 2.75) is 33.2 Å². The van der Waals surface area contributed by atoms with Gasteiger partial charge in [0.05, 0.1) is 5.69 Å². The molecular formula is C13H16N2O. The third-order valence-corrected chi connectivity index (χ3v) is 2.87. The number of anilines is 1. The largest absolute Gasteiger partial charge is 0.301 e. The van der Waals surface area contributed by atoms with E-state index in [0.717, 1.165) is 29.7 Å². The van der Waals surface area contributed by atoms with Crippen LogP contribution in [0.15, 0.2) is 23.3 Å². The number of aldehydes is 1. The smallest absolute Gasteiger partial charge is 0.144 e. The van der Waals surface area contributed by atoms with E-state index in [-0.39, 0.29) is 6.04 Å². The lowest BCUT2D eigenvalue weighted by molar-refractivity contribution is -0.108. The SMILES string of the molecule is CC1=NN(c2cc(C)ccc2C)C(C=O)C1. The summed E-state index contributed by atoms with van der Waals surface area (Å²) in [4.78, 5) is 11.0. The van der Waals surface area contributed by atoms with E-state index >= 15 is 0 Å². The highest BCUT2D eigenvalue weighted by Gasteiger charge is 2.26. The van der Waals surface area contributed by atoms with E-state index in [1.807, 2.05) is 25.8 Å². The molecule has 1 aromatic rings. The van der Waals surface area contributed by atoms with Crippen molar-refractivity contribution in [2.24, 2.45) is 5.10 Å². The number of carbonyl (C=O) groups excluding carboxylic acids is 1. The molecule has 0 radical (unpaired) electrons. The lowest BCUT2D eigenvalue weighted by Crippen LogP contribution is -2.28. The zero-order valence-corrected chi connectivity index (χ0v) is 9.90. The maximum atomic E-state index is 11.0. The average molecular weight is 216 g/mol. The molecule has 84 valence electrons. The molecule has 0 bridgehead atoms. The van der Waals surface area contributed by atoms with Crippen LogP contribution in [0.4, 0.5) is 5.69 Å². The van der Waals surface area contributed by atoms with Gasteiger partial charge in [0.15, 0.2) is 0 Å². The molecule has 0 spiro atoms. The van der Waals surface area contributed by atoms with Crippen LogP contribution in [-0.4, -0.2) is 18.0 Å². The Kier molecular flexibility index (Phi) is 2.77. The molecule has 0 N–H and O–H groups in total. The van der Waals surface area contributed by atoms with Crippen LogP contribution in [0, 0.1) is 13.8 Å². The molecule has 1 aliphatic rings. The van der Waals surface area contributed by atoms with Crippen LogP contribution in [0.25, 0.3) is 0 Å². The number of hydrogen-bond donors (Lipinski definition) is 0. The molecule has 3 nitrogen and oxygen atoms in total. The summed E-state index contributed by atoms with van der Waals surface area (Å²) in [6.07, 6.45) is 1.71. The second-order valence-electron chi connectivity index (χ2n) is 4.38. The van der Waals surface area contributed by atoms with E-state index in [9.17, 15) is 4.79 Å². The molecule has 1 aliphatic heterocycles. The summed E-state index contributed by atoms with van der Waals surface area (Å²) in [5, 5.41) is 6.27. The van der Waals surface area contributed by atoms with Crippen LogP contribution < -0.4 is 5.01 Å². The molecule has 0 saturated carbocycles. The van der Waals surface area contributed by atoms with Crippen LogP contribution in [0.2, 0.25) is 0 Å². The molecule has 16 heavy (non-hydrogen) atoms. The molecule has 1 aromatic carbocycles. The molecule has 0 fully saturated rings. The number of hydrogen-bond acceptors (Lipinski definition) is 3. The highest BCUT2D eigenvalue weighted by atomic mass is 16.1. The second kappa shape index (κ2) is 4.08. The number of hydrazone groups is 1. The molecule has 0 saturated heterocycles. The van der Waals surface area contributed by atoms with Gasteiger partial charge in [0.1, 0.15) is 12.3 Å². The van der Waals surface area contributed by atoms with Gasteiger partial charge in [-0.05, 0) is 38.0 Å². The summed E-state index contributed by atoms with van der Waals surface area (Å²) in [5.41, 5.74) is 4.38. The predicted molar refractivity (Wildman–Crippen MR) is 66.0 cm³/mol. The van der Waals surface area contributed by atoms with Gasteiger partial charge in [-0.2, -0.15) is 5.10 Å². The maximum absolute atomic E-state index is 11.0. The van der Waals surface area contributed by atoms with E-state index in [2.05, 4.69) is 23.3 Å². The number of nitrogens with zero attached hydrogens (tertiary/aromatic N) is 2. The number of carbonyl (C=O) groups is 1. The van der Waals surface area contributed by atoms with Gasteiger partial charge in [-0.1, -0.05) is 12.1 Å². The Morgan fingerprint density at radius 2 is 2.12 bits per heavy atom. The zero-order chi connectivity index (χ0) is 11.7. The lowest BCUT2D eigenvalue weighted by Gasteiger charge is -2.21. The highest BCUT2D eigenvalue weighted by molar-refractivity contribution is 5.91. The van der Waals surface area contributed by atoms with Gasteiger partial charge in [0.25, 0.3) is 0 Å². The predicted octanol–water partition coefficient (Wildman–Crippen LogP) is 2.46. The summed E-state index contributed by atoms with van der Waals surface area (Å²) in [7, 11) is 0. The van der Waals surface area contributed by atoms with E-state index in [1.165, 1.54) is 5.56 Å². The number of aryl methyl sites for hydroxylation is 2. The van der Waals surface area contributed by atoms with Gasteiger partial charge in [-0.25, -0.2) is 0 Å². The van der Waals surface area contributed by atoms with E-state index in [4.69, 9.17) is 0 Å². The van der Waals surface area contributed by atoms with Crippen molar-refractivity contribution in [3.8, 4) is 0 Å². The Balaban J connectivity index is 2.43. The minimum absolute atomic E-state index is 0.138. The molecular weight excluding hydrogens is 200 g/mol. The van der Waals surface area contributed by atoms with E-state index in [0.29, 0.717) is 0 Å². The zero-order valence-electron chi connectivity index (χ0n) is 9.90. The molecule has 3 heteroatoms. The van der Waals surface area contributed by atoms with Crippen molar-refractivity contribution in [1.29, 1.82) is 0 Å². The Labute approximate surface area is 95.8 Å². The first-order valence-corrected chi connectivity index (χ1v) is 5.47. The topological polar surface area (TPSA) is 32.7 Å². The van der Waals surface area contributed by atoms with Gasteiger partial charge in [0.2, 0.25) is 0 Å². The molecule has 0 amide bonds. The third kappa shape index (κ3) is 1.85. The van der Waals surface area contributed by atoms with Gasteiger partial charge >= 0.3 is 0 Å². The number of rotatable bonds is 2. The summed E-state index contributed by atoms with van der Waals surface area (Å²) in [6.45, 7) is 6.05. The van der Waals surface area contributed by atoms with Crippen LogP contribution >= 0.6 is 0 Å². The fourth-order valence-electron chi connectivity index (χ4n) is 1.99. The third-order valence-electron chi connectivity index (χ3n) is 2.87. The summed E-state index contributed by atoms with van der Waals surface area (Å²) >= 11 is 0. The second-order valence-corrected chi connectivity index (χ2v) is 4.38. The first-order chi connectivity index (χ1) is 7.61. The quantitative estimate of drug-likeness (QED) is 0.711. The molecule has 1 atom stereocenters. The van der Waals surface area contributed by atoms with Crippen molar-refractivity contribution >= 4 is 17.7 Å². The van der Waals surface area contributed by atoms with Crippen molar-refractivity contribution in [3.05, 3.63) is 29.3 Å². The first-order valence-electron chi connectivity index (χ1n) is 5.47.